The lowest BCUT2D eigenvalue weighted by atomic mass is 10.2. The monoisotopic (exact) mass is 421 g/mol. The van der Waals surface area contributed by atoms with Gasteiger partial charge in [0, 0.05) is 11.8 Å². The first-order chi connectivity index (χ1) is 14.3. The number of pyridine rings is 1. The maximum atomic E-state index is 12.5. The summed E-state index contributed by atoms with van der Waals surface area (Å²) in [5.41, 5.74) is -0.518. The Labute approximate surface area is 163 Å². The van der Waals surface area contributed by atoms with Gasteiger partial charge in [0.1, 0.15) is 11.4 Å². The maximum absolute atomic E-state index is 12.5. The molecule has 0 bridgehead atoms. The van der Waals surface area contributed by atoms with Crippen LogP contribution in [0.3, 0.4) is 0 Å². The van der Waals surface area contributed by atoms with E-state index in [1.165, 1.54) is 18.3 Å². The smallest absolute Gasteiger partial charge is 0.374 e. The first-order valence-electron chi connectivity index (χ1n) is 8.25. The minimum atomic E-state index is -4.74. The van der Waals surface area contributed by atoms with Gasteiger partial charge in [-0.15, -0.1) is 0 Å². The van der Waals surface area contributed by atoms with E-state index in [2.05, 4.69) is 44.9 Å². The van der Waals surface area contributed by atoms with Crippen LogP contribution in [0.5, 0.6) is 0 Å². The van der Waals surface area contributed by atoms with Crippen molar-refractivity contribution in [1.82, 2.24) is 25.3 Å². The molecule has 0 radical (unpaired) electrons. The summed E-state index contributed by atoms with van der Waals surface area (Å²) in [7, 11) is 0. The van der Waals surface area contributed by atoms with Crippen molar-refractivity contribution in [1.29, 1.82) is 0 Å². The molecule has 0 aliphatic carbocycles. The molecular weight excluding hydrogens is 411 g/mol. The summed E-state index contributed by atoms with van der Waals surface area (Å²) in [4.78, 5) is 34.6. The van der Waals surface area contributed by atoms with Crippen LogP contribution in [0.2, 0.25) is 0 Å². The van der Waals surface area contributed by atoms with Gasteiger partial charge in [-0.3, -0.25) is 14.6 Å². The molecule has 0 atom stereocenters. The molecule has 0 saturated carbocycles. The molecule has 30 heavy (non-hydrogen) atoms. The summed E-state index contributed by atoms with van der Waals surface area (Å²) in [6.07, 6.45) is -2.34. The molecule has 154 valence electrons. The number of rotatable bonds is 7. The number of nitrogens with zero attached hydrogens (tertiary/aromatic N) is 5. The van der Waals surface area contributed by atoms with Crippen LogP contribution >= 0.6 is 0 Å². The number of hydrogen-bond acceptors (Lipinski definition) is 11. The fraction of sp³-hybridized carbons (Fsp3) is 0.188. The average Bonchev–Trinajstić information content (AvgIpc) is 3.42. The summed E-state index contributed by atoms with van der Waals surface area (Å²) >= 11 is 0. The van der Waals surface area contributed by atoms with Crippen LogP contribution in [0.4, 0.5) is 24.5 Å². The zero-order chi connectivity index (χ0) is 21.3. The summed E-state index contributed by atoms with van der Waals surface area (Å²) in [6.45, 7) is 0.176. The normalized spacial score (nSPS) is 11.7. The van der Waals surface area contributed by atoms with Crippen molar-refractivity contribution >= 4 is 11.4 Å². The third-order valence-electron chi connectivity index (χ3n) is 3.94. The molecule has 1 aromatic carbocycles. The van der Waals surface area contributed by atoms with Crippen LogP contribution < -0.4 is 21.5 Å². The Kier molecular flexibility index (Phi) is 4.73. The average molecular weight is 421 g/mol. The van der Waals surface area contributed by atoms with Gasteiger partial charge in [0.2, 0.25) is 12.2 Å². The molecule has 2 N–H and O–H groups in total. The van der Waals surface area contributed by atoms with Gasteiger partial charge < -0.3 is 19.7 Å². The largest absolute Gasteiger partial charge is 0.471 e. The summed E-state index contributed by atoms with van der Waals surface area (Å²) in [5.74, 6) is -1.41. The van der Waals surface area contributed by atoms with Crippen molar-refractivity contribution < 1.29 is 22.2 Å². The van der Waals surface area contributed by atoms with Gasteiger partial charge in [0.05, 0.1) is 18.8 Å². The zero-order valence-corrected chi connectivity index (χ0v) is 14.7. The van der Waals surface area contributed by atoms with Crippen molar-refractivity contribution in [2.24, 2.45) is 0 Å². The van der Waals surface area contributed by atoms with E-state index in [-0.39, 0.29) is 35.9 Å². The van der Waals surface area contributed by atoms with Crippen LogP contribution in [0.25, 0.3) is 11.4 Å². The van der Waals surface area contributed by atoms with Gasteiger partial charge in [0.25, 0.3) is 10.9 Å². The Bertz CT molecular complexity index is 1230. The predicted octanol–water partition coefficient (Wildman–Crippen LogP) is 1.35. The van der Waals surface area contributed by atoms with Crippen molar-refractivity contribution in [3.63, 3.8) is 0 Å². The number of aromatic nitrogens is 5. The van der Waals surface area contributed by atoms with E-state index in [0.717, 1.165) is 6.39 Å². The first kappa shape index (κ1) is 19.2. The first-order valence-corrected chi connectivity index (χ1v) is 8.25. The Morgan fingerprint density at radius 2 is 1.70 bits per heavy atom. The number of halogens is 3. The molecule has 11 nitrogen and oxygen atoms in total. The summed E-state index contributed by atoms with van der Waals surface area (Å²) in [5, 5.41) is 12.4. The van der Waals surface area contributed by atoms with Crippen LogP contribution in [0.15, 0.2) is 43.4 Å². The molecule has 0 fully saturated rings. The lowest BCUT2D eigenvalue weighted by Gasteiger charge is -2.13. The Balaban J connectivity index is 1.40. The van der Waals surface area contributed by atoms with E-state index in [1.807, 2.05) is 0 Å². The van der Waals surface area contributed by atoms with E-state index in [1.54, 1.807) is 0 Å². The van der Waals surface area contributed by atoms with Crippen molar-refractivity contribution in [3.8, 4) is 11.4 Å². The Hall–Kier alpha value is -4.10. The molecule has 0 saturated heterocycles. The molecule has 0 amide bonds. The molecule has 0 spiro atoms. The number of alkyl halides is 3. The van der Waals surface area contributed by atoms with Gasteiger partial charge in [0.15, 0.2) is 5.82 Å². The van der Waals surface area contributed by atoms with E-state index >= 15 is 0 Å². The number of nitrogens with one attached hydrogen (secondary N) is 2. The lowest BCUT2D eigenvalue weighted by Crippen LogP contribution is -2.37. The van der Waals surface area contributed by atoms with E-state index in [0.29, 0.717) is 11.5 Å². The van der Waals surface area contributed by atoms with Crippen molar-refractivity contribution in [2.45, 2.75) is 19.3 Å². The van der Waals surface area contributed by atoms with E-state index in [4.69, 9.17) is 0 Å². The van der Waals surface area contributed by atoms with Crippen molar-refractivity contribution in [2.75, 3.05) is 10.6 Å². The van der Waals surface area contributed by atoms with Crippen molar-refractivity contribution in [3.05, 3.63) is 62.6 Å². The second-order valence-corrected chi connectivity index (χ2v) is 5.92. The molecule has 0 aliphatic heterocycles. The molecule has 4 aromatic rings. The third kappa shape index (κ3) is 3.74. The van der Waals surface area contributed by atoms with Crippen LogP contribution in [0.1, 0.15) is 17.4 Å². The number of hydrogen-bond donors (Lipinski definition) is 2. The highest BCUT2D eigenvalue weighted by molar-refractivity contribution is 5.73. The minimum absolute atomic E-state index is 0.0854. The molecule has 3 heterocycles. The Morgan fingerprint density at radius 1 is 0.967 bits per heavy atom. The summed E-state index contributed by atoms with van der Waals surface area (Å²) < 4.78 is 46.3. The molecule has 4 rings (SSSR count). The van der Waals surface area contributed by atoms with E-state index in [9.17, 15) is 22.8 Å². The topological polar surface area (TPSA) is 149 Å². The third-order valence-corrected chi connectivity index (χ3v) is 3.94. The van der Waals surface area contributed by atoms with E-state index < -0.39 is 22.9 Å². The highest BCUT2D eigenvalue weighted by Crippen LogP contribution is 2.29. The highest BCUT2D eigenvalue weighted by atomic mass is 19.4. The minimum Gasteiger partial charge on any atom is -0.374 e. The molecule has 14 heteroatoms. The maximum Gasteiger partial charge on any atom is 0.471 e. The van der Waals surface area contributed by atoms with Crippen LogP contribution in [0, 0.1) is 0 Å². The Morgan fingerprint density at radius 3 is 2.27 bits per heavy atom. The zero-order valence-electron chi connectivity index (χ0n) is 14.7. The second kappa shape index (κ2) is 7.38. The lowest BCUT2D eigenvalue weighted by molar-refractivity contribution is -0.159. The van der Waals surface area contributed by atoms with Gasteiger partial charge in [-0.05, 0) is 12.1 Å². The van der Waals surface area contributed by atoms with Gasteiger partial charge in [-0.1, -0.05) is 10.3 Å². The predicted molar refractivity (Wildman–Crippen MR) is 92.8 cm³/mol. The van der Waals surface area contributed by atoms with Gasteiger partial charge >= 0.3 is 12.1 Å². The SMILES string of the molecule is O=c1c(NCc2ccc(-c3noc(C(F)(F)F)n3)cn2)c(NCc2ncon2)c1=O. The summed E-state index contributed by atoms with van der Waals surface area (Å²) in [6, 6.07) is 2.95. The van der Waals surface area contributed by atoms with Crippen LogP contribution in [-0.2, 0) is 19.3 Å². The fourth-order valence-corrected chi connectivity index (χ4v) is 2.46. The molecular formula is C16H10F3N7O4. The molecule has 0 unspecified atom stereocenters. The molecule has 0 aliphatic rings. The number of anilines is 2. The second-order valence-electron chi connectivity index (χ2n) is 5.92. The highest BCUT2D eigenvalue weighted by Gasteiger charge is 2.38. The molecule has 3 aromatic heterocycles. The van der Waals surface area contributed by atoms with Gasteiger partial charge in [-0.25, -0.2) is 0 Å². The fourth-order valence-electron chi connectivity index (χ4n) is 2.46. The van der Waals surface area contributed by atoms with Gasteiger partial charge in [-0.2, -0.15) is 23.1 Å². The van der Waals surface area contributed by atoms with Crippen LogP contribution in [-0.4, -0.2) is 25.3 Å². The standard InChI is InChI=1S/C16H10F3N7O4/c17-16(18,19)15-24-14(26-30-15)7-1-2-8(20-3-7)4-21-10-11(13(28)12(10)27)22-5-9-23-6-29-25-9/h1-3,6,21-22H,4-5H2. The quantitative estimate of drug-likeness (QED) is 0.416.